The van der Waals surface area contributed by atoms with Crippen LogP contribution in [0, 0.1) is 0 Å². The molecule has 1 fully saturated rings. The Kier molecular flexibility index (Phi) is 4.12. The van der Waals surface area contributed by atoms with Gasteiger partial charge in [-0.05, 0) is 25.0 Å². The van der Waals surface area contributed by atoms with Crippen molar-refractivity contribution in [2.75, 3.05) is 25.6 Å². The molecule has 2 rings (SSSR count). The molecular weight excluding hydrogens is 260 g/mol. The van der Waals surface area contributed by atoms with E-state index in [1.807, 2.05) is 6.07 Å². The number of methoxy groups -OCH3 is 1. The van der Waals surface area contributed by atoms with E-state index < -0.39 is 12.0 Å². The zero-order valence-electron chi connectivity index (χ0n) is 11.6. The number of anilines is 1. The number of ether oxygens (including phenoxy) is 1. The zero-order chi connectivity index (χ0) is 14.7. The first kappa shape index (κ1) is 14.2. The van der Waals surface area contributed by atoms with E-state index in [2.05, 4.69) is 0 Å². The van der Waals surface area contributed by atoms with Crippen LogP contribution in [0.25, 0.3) is 0 Å². The fraction of sp³-hybridized carbons (Fsp3) is 0.429. The zero-order valence-corrected chi connectivity index (χ0v) is 11.6. The van der Waals surface area contributed by atoms with E-state index in [0.29, 0.717) is 30.8 Å². The van der Waals surface area contributed by atoms with Gasteiger partial charge in [-0.3, -0.25) is 4.90 Å². The van der Waals surface area contributed by atoms with E-state index in [0.717, 1.165) is 0 Å². The van der Waals surface area contributed by atoms with Crippen molar-refractivity contribution >= 4 is 17.7 Å². The summed E-state index contributed by atoms with van der Waals surface area (Å²) in [4.78, 5) is 26.5. The van der Waals surface area contributed by atoms with Gasteiger partial charge in [-0.25, -0.2) is 9.59 Å². The van der Waals surface area contributed by atoms with Crippen molar-refractivity contribution in [2.24, 2.45) is 0 Å². The lowest BCUT2D eigenvalue weighted by atomic mass is 10.2. The van der Waals surface area contributed by atoms with Crippen LogP contribution in [0.15, 0.2) is 24.3 Å². The van der Waals surface area contributed by atoms with Gasteiger partial charge in [0.25, 0.3) is 0 Å². The second-order valence-corrected chi connectivity index (χ2v) is 4.70. The maximum absolute atomic E-state index is 12.5. The number of carboxylic acid groups (broad SMARTS) is 1. The Morgan fingerprint density at radius 3 is 2.75 bits per heavy atom. The molecule has 1 atom stereocenters. The van der Waals surface area contributed by atoms with Crippen molar-refractivity contribution in [2.45, 2.75) is 18.9 Å². The SMILES string of the molecule is COc1ccccc1N(C)C(=O)N1CCCC1C(=O)O. The Bertz CT molecular complexity index is 518. The third-order valence-electron chi connectivity index (χ3n) is 3.52. The maximum atomic E-state index is 12.5. The lowest BCUT2D eigenvalue weighted by molar-refractivity contribution is -0.141. The van der Waals surface area contributed by atoms with Crippen LogP contribution in [0.2, 0.25) is 0 Å². The number of rotatable bonds is 3. The highest BCUT2D eigenvalue weighted by Gasteiger charge is 2.36. The molecule has 6 nitrogen and oxygen atoms in total. The maximum Gasteiger partial charge on any atom is 0.326 e. The molecule has 1 N–H and O–H groups in total. The van der Waals surface area contributed by atoms with Crippen molar-refractivity contribution in [1.29, 1.82) is 0 Å². The summed E-state index contributed by atoms with van der Waals surface area (Å²) in [6.45, 7) is 0.468. The number of hydrogen-bond donors (Lipinski definition) is 1. The van der Waals surface area contributed by atoms with E-state index >= 15 is 0 Å². The highest BCUT2D eigenvalue weighted by atomic mass is 16.5. The van der Waals surface area contributed by atoms with Crippen molar-refractivity contribution in [1.82, 2.24) is 4.90 Å². The first-order valence-corrected chi connectivity index (χ1v) is 6.46. The summed E-state index contributed by atoms with van der Waals surface area (Å²) in [5.41, 5.74) is 0.621. The molecule has 1 aliphatic heterocycles. The largest absolute Gasteiger partial charge is 0.495 e. The van der Waals surface area contributed by atoms with Crippen LogP contribution in [-0.2, 0) is 4.79 Å². The third kappa shape index (κ3) is 2.54. The molecule has 1 saturated heterocycles. The number of likely N-dealkylation sites (tertiary alicyclic amines) is 1. The number of hydrogen-bond acceptors (Lipinski definition) is 3. The van der Waals surface area contributed by atoms with Crippen LogP contribution in [-0.4, -0.2) is 48.8 Å². The van der Waals surface area contributed by atoms with Crippen LogP contribution in [0.5, 0.6) is 5.75 Å². The molecule has 1 aromatic carbocycles. The monoisotopic (exact) mass is 278 g/mol. The van der Waals surface area contributed by atoms with Gasteiger partial charge < -0.3 is 14.7 Å². The van der Waals surface area contributed by atoms with Gasteiger partial charge in [-0.2, -0.15) is 0 Å². The lowest BCUT2D eigenvalue weighted by Crippen LogP contribution is -2.46. The summed E-state index contributed by atoms with van der Waals surface area (Å²) < 4.78 is 5.22. The first-order chi connectivity index (χ1) is 9.56. The number of carbonyl (C=O) groups is 2. The second kappa shape index (κ2) is 5.81. The number of para-hydroxylation sites is 2. The van der Waals surface area contributed by atoms with Crippen molar-refractivity contribution in [3.8, 4) is 5.75 Å². The number of amides is 2. The van der Waals surface area contributed by atoms with E-state index in [4.69, 9.17) is 9.84 Å². The molecule has 0 radical (unpaired) electrons. The average molecular weight is 278 g/mol. The number of carbonyl (C=O) groups excluding carboxylic acids is 1. The fourth-order valence-corrected chi connectivity index (χ4v) is 2.45. The van der Waals surface area contributed by atoms with Crippen molar-refractivity contribution in [3.05, 3.63) is 24.3 Å². The standard InChI is InChI=1S/C14H18N2O4/c1-15(10-6-3-4-8-12(10)20-2)14(19)16-9-5-7-11(16)13(17)18/h3-4,6,8,11H,5,7,9H2,1-2H3,(H,17,18). The molecule has 0 spiro atoms. The van der Waals surface area contributed by atoms with Gasteiger partial charge in [0.15, 0.2) is 0 Å². The molecule has 1 unspecified atom stereocenters. The summed E-state index contributed by atoms with van der Waals surface area (Å²) in [5.74, 6) is -0.376. The van der Waals surface area contributed by atoms with Gasteiger partial charge in [-0.1, -0.05) is 12.1 Å². The molecular formula is C14H18N2O4. The third-order valence-corrected chi connectivity index (χ3v) is 3.52. The molecule has 1 aliphatic rings. The number of aliphatic carboxylic acids is 1. The minimum absolute atomic E-state index is 0.320. The van der Waals surface area contributed by atoms with E-state index in [1.54, 1.807) is 25.2 Å². The Morgan fingerprint density at radius 1 is 1.40 bits per heavy atom. The van der Waals surface area contributed by atoms with Crippen molar-refractivity contribution < 1.29 is 19.4 Å². The molecule has 0 saturated carbocycles. The van der Waals surface area contributed by atoms with Gasteiger partial charge in [0, 0.05) is 13.6 Å². The summed E-state index contributed by atoms with van der Waals surface area (Å²) >= 11 is 0. The average Bonchev–Trinajstić information content (AvgIpc) is 2.95. The Balaban J connectivity index is 2.22. The molecule has 2 amide bonds. The number of carboxylic acids is 1. The van der Waals surface area contributed by atoms with Crippen LogP contribution in [0.3, 0.4) is 0 Å². The Hall–Kier alpha value is -2.24. The molecule has 1 heterocycles. The van der Waals surface area contributed by atoms with Gasteiger partial charge in [0.1, 0.15) is 11.8 Å². The molecule has 0 aliphatic carbocycles. The quantitative estimate of drug-likeness (QED) is 0.915. The van der Waals surface area contributed by atoms with E-state index in [1.165, 1.54) is 16.9 Å². The minimum atomic E-state index is -0.954. The van der Waals surface area contributed by atoms with Crippen LogP contribution < -0.4 is 9.64 Å². The molecule has 0 aromatic heterocycles. The summed E-state index contributed by atoms with van der Waals surface area (Å²) in [6, 6.07) is 6.09. The lowest BCUT2D eigenvalue weighted by Gasteiger charge is -2.28. The smallest absolute Gasteiger partial charge is 0.326 e. The van der Waals surface area contributed by atoms with Crippen LogP contribution in [0.1, 0.15) is 12.8 Å². The number of urea groups is 1. The minimum Gasteiger partial charge on any atom is -0.495 e. The van der Waals surface area contributed by atoms with Gasteiger partial charge in [0.05, 0.1) is 12.8 Å². The highest BCUT2D eigenvalue weighted by Crippen LogP contribution is 2.29. The summed E-state index contributed by atoms with van der Waals surface area (Å²) in [6.07, 6.45) is 1.21. The molecule has 6 heteroatoms. The van der Waals surface area contributed by atoms with Crippen LogP contribution >= 0.6 is 0 Å². The first-order valence-electron chi connectivity index (χ1n) is 6.46. The van der Waals surface area contributed by atoms with Crippen LogP contribution in [0.4, 0.5) is 10.5 Å². The van der Waals surface area contributed by atoms with E-state index in [9.17, 15) is 9.59 Å². The normalized spacial score (nSPS) is 17.9. The molecule has 20 heavy (non-hydrogen) atoms. The highest BCUT2D eigenvalue weighted by molar-refractivity contribution is 5.95. The summed E-state index contributed by atoms with van der Waals surface area (Å²) in [5, 5.41) is 9.15. The topological polar surface area (TPSA) is 70.1 Å². The van der Waals surface area contributed by atoms with Gasteiger partial charge >= 0.3 is 12.0 Å². The predicted molar refractivity (Wildman–Crippen MR) is 74.2 cm³/mol. The fourth-order valence-electron chi connectivity index (χ4n) is 2.45. The number of nitrogens with zero attached hydrogens (tertiary/aromatic N) is 2. The Labute approximate surface area is 117 Å². The molecule has 0 bridgehead atoms. The van der Waals surface area contributed by atoms with Crippen molar-refractivity contribution in [3.63, 3.8) is 0 Å². The molecule has 108 valence electrons. The summed E-state index contributed by atoms with van der Waals surface area (Å²) in [7, 11) is 3.16. The second-order valence-electron chi connectivity index (χ2n) is 4.70. The Morgan fingerprint density at radius 2 is 2.10 bits per heavy atom. The molecule has 1 aromatic rings. The van der Waals surface area contributed by atoms with Gasteiger partial charge in [0.2, 0.25) is 0 Å². The van der Waals surface area contributed by atoms with E-state index in [-0.39, 0.29) is 6.03 Å². The van der Waals surface area contributed by atoms with Gasteiger partial charge in [-0.15, -0.1) is 0 Å². The predicted octanol–water partition coefficient (Wildman–Crippen LogP) is 1.80. The number of benzene rings is 1.